The van der Waals surface area contributed by atoms with E-state index in [-0.39, 0.29) is 4.90 Å². The summed E-state index contributed by atoms with van der Waals surface area (Å²) >= 11 is 0. The summed E-state index contributed by atoms with van der Waals surface area (Å²) in [7, 11) is -3.82. The molecule has 22 heavy (non-hydrogen) atoms. The van der Waals surface area contributed by atoms with Gasteiger partial charge >= 0.3 is 10.1 Å². The fourth-order valence-electron chi connectivity index (χ4n) is 2.07. The molecule has 0 aliphatic carbocycles. The van der Waals surface area contributed by atoms with Crippen LogP contribution in [0, 0.1) is 6.92 Å². The second kappa shape index (κ2) is 6.79. The zero-order valence-electron chi connectivity index (χ0n) is 13.0. The van der Waals surface area contributed by atoms with Gasteiger partial charge in [0.15, 0.2) is 0 Å². The summed E-state index contributed by atoms with van der Waals surface area (Å²) in [6.07, 6.45) is 4.59. The quantitative estimate of drug-likeness (QED) is 0.770. The van der Waals surface area contributed by atoms with E-state index in [0.717, 1.165) is 23.1 Å². The highest BCUT2D eigenvalue weighted by Crippen LogP contribution is 2.26. The van der Waals surface area contributed by atoms with Crippen molar-refractivity contribution >= 4 is 16.2 Å². The number of aryl methyl sites for hydroxylation is 2. The maximum atomic E-state index is 12.4. The van der Waals surface area contributed by atoms with E-state index in [9.17, 15) is 8.42 Å². The van der Waals surface area contributed by atoms with Crippen molar-refractivity contribution in [3.05, 3.63) is 65.2 Å². The molecule has 3 nitrogen and oxygen atoms in total. The molecule has 4 heteroatoms. The Hall–Kier alpha value is -2.07. The van der Waals surface area contributed by atoms with Gasteiger partial charge in [-0.3, -0.25) is 0 Å². The van der Waals surface area contributed by atoms with Crippen LogP contribution in [0.1, 0.15) is 30.5 Å². The first kappa shape index (κ1) is 16.3. The van der Waals surface area contributed by atoms with Gasteiger partial charge in [0.2, 0.25) is 0 Å². The van der Waals surface area contributed by atoms with Gasteiger partial charge in [-0.05, 0) is 50.1 Å². The summed E-state index contributed by atoms with van der Waals surface area (Å²) in [6.45, 7) is 5.85. The Morgan fingerprint density at radius 3 is 2.36 bits per heavy atom. The van der Waals surface area contributed by atoms with Gasteiger partial charge in [-0.15, -0.1) is 0 Å². The molecule has 2 aromatic carbocycles. The lowest BCUT2D eigenvalue weighted by Gasteiger charge is -2.11. The minimum atomic E-state index is -3.82. The molecule has 0 unspecified atom stereocenters. The number of hydrogen-bond acceptors (Lipinski definition) is 3. The van der Waals surface area contributed by atoms with E-state index in [0.29, 0.717) is 5.75 Å². The third-order valence-electron chi connectivity index (χ3n) is 3.34. The molecule has 116 valence electrons. The van der Waals surface area contributed by atoms with Gasteiger partial charge in [0.25, 0.3) is 0 Å². The van der Waals surface area contributed by atoms with E-state index in [2.05, 4.69) is 6.92 Å². The van der Waals surface area contributed by atoms with Gasteiger partial charge in [0.05, 0.1) is 0 Å². The lowest BCUT2D eigenvalue weighted by Crippen LogP contribution is -2.10. The van der Waals surface area contributed by atoms with Gasteiger partial charge < -0.3 is 4.18 Å². The van der Waals surface area contributed by atoms with E-state index < -0.39 is 10.1 Å². The van der Waals surface area contributed by atoms with Crippen LogP contribution < -0.4 is 4.18 Å². The highest BCUT2D eigenvalue weighted by atomic mass is 32.2. The molecule has 0 amide bonds. The number of hydrogen-bond donors (Lipinski definition) is 0. The Labute approximate surface area is 132 Å². The van der Waals surface area contributed by atoms with Crippen LogP contribution in [0.3, 0.4) is 0 Å². The first-order valence-electron chi connectivity index (χ1n) is 7.23. The highest BCUT2D eigenvalue weighted by molar-refractivity contribution is 7.87. The molecular weight excluding hydrogens is 296 g/mol. The maximum Gasteiger partial charge on any atom is 0.339 e. The fourth-order valence-corrected chi connectivity index (χ4v) is 3.03. The van der Waals surface area contributed by atoms with Crippen molar-refractivity contribution in [2.45, 2.75) is 32.1 Å². The molecule has 0 radical (unpaired) electrons. The van der Waals surface area contributed by atoms with Crippen LogP contribution in [-0.4, -0.2) is 8.42 Å². The SMILES string of the molecule is CC=Cc1cc(CC)ccc1OS(=O)(=O)c1ccc(C)cc1. The second-order valence-corrected chi connectivity index (χ2v) is 6.62. The van der Waals surface area contributed by atoms with Crippen LogP contribution in [0.4, 0.5) is 0 Å². The average molecular weight is 316 g/mol. The van der Waals surface area contributed by atoms with Gasteiger partial charge in [-0.2, -0.15) is 8.42 Å². The Morgan fingerprint density at radius 1 is 1.09 bits per heavy atom. The fraction of sp³-hybridized carbons (Fsp3) is 0.222. The molecule has 0 atom stereocenters. The van der Waals surface area contributed by atoms with Crippen molar-refractivity contribution in [3.63, 3.8) is 0 Å². The molecule has 0 saturated heterocycles. The van der Waals surface area contributed by atoms with Crippen molar-refractivity contribution in [2.75, 3.05) is 0 Å². The standard InChI is InChI=1S/C18H20O3S/c1-4-6-16-13-15(5-2)9-12-18(16)21-22(19,20)17-10-7-14(3)8-11-17/h4,6-13H,5H2,1-3H3. The molecule has 2 aromatic rings. The molecule has 0 N–H and O–H groups in total. The lowest BCUT2D eigenvalue weighted by molar-refractivity contribution is 0.485. The van der Waals surface area contributed by atoms with Gasteiger partial charge in [0.1, 0.15) is 10.6 Å². The summed E-state index contributed by atoms with van der Waals surface area (Å²) < 4.78 is 30.1. The summed E-state index contributed by atoms with van der Waals surface area (Å²) in [5.41, 5.74) is 2.89. The van der Waals surface area contributed by atoms with Crippen LogP contribution in [-0.2, 0) is 16.5 Å². The van der Waals surface area contributed by atoms with Crippen LogP contribution in [0.25, 0.3) is 6.08 Å². The Balaban J connectivity index is 2.38. The predicted molar refractivity (Wildman–Crippen MR) is 89.5 cm³/mol. The monoisotopic (exact) mass is 316 g/mol. The molecule has 0 fully saturated rings. The van der Waals surface area contributed by atoms with Crippen LogP contribution in [0.5, 0.6) is 5.75 Å². The van der Waals surface area contributed by atoms with Crippen molar-refractivity contribution in [1.29, 1.82) is 0 Å². The third kappa shape index (κ3) is 3.77. The number of benzene rings is 2. The topological polar surface area (TPSA) is 43.4 Å². The first-order chi connectivity index (χ1) is 10.5. The van der Waals surface area contributed by atoms with Crippen molar-refractivity contribution in [2.24, 2.45) is 0 Å². The molecule has 0 saturated carbocycles. The van der Waals surface area contributed by atoms with Crippen molar-refractivity contribution in [3.8, 4) is 5.75 Å². The average Bonchev–Trinajstić information content (AvgIpc) is 2.49. The molecule has 2 rings (SSSR count). The Bertz CT molecular complexity index is 772. The molecule has 0 spiro atoms. The normalized spacial score (nSPS) is 11.8. The number of allylic oxidation sites excluding steroid dienone is 1. The van der Waals surface area contributed by atoms with E-state index in [4.69, 9.17) is 4.18 Å². The molecule has 0 heterocycles. The van der Waals surface area contributed by atoms with Crippen LogP contribution in [0.15, 0.2) is 53.4 Å². The molecule has 0 aliphatic heterocycles. The highest BCUT2D eigenvalue weighted by Gasteiger charge is 2.18. The molecule has 0 aliphatic rings. The summed E-state index contributed by atoms with van der Waals surface area (Å²) in [4.78, 5) is 0.157. The number of rotatable bonds is 5. The van der Waals surface area contributed by atoms with E-state index in [1.165, 1.54) is 0 Å². The smallest absolute Gasteiger partial charge is 0.339 e. The molecular formula is C18H20O3S. The zero-order valence-corrected chi connectivity index (χ0v) is 13.9. The van der Waals surface area contributed by atoms with Gasteiger partial charge in [-0.25, -0.2) is 0 Å². The van der Waals surface area contributed by atoms with E-state index in [1.807, 2.05) is 38.1 Å². The van der Waals surface area contributed by atoms with Crippen LogP contribution >= 0.6 is 0 Å². The van der Waals surface area contributed by atoms with Gasteiger partial charge in [0, 0.05) is 5.56 Å². The summed E-state index contributed by atoms with van der Waals surface area (Å²) in [5.74, 6) is 0.343. The Kier molecular flexibility index (Phi) is 5.03. The van der Waals surface area contributed by atoms with Crippen LogP contribution in [0.2, 0.25) is 0 Å². The first-order valence-corrected chi connectivity index (χ1v) is 8.64. The van der Waals surface area contributed by atoms with Crippen molar-refractivity contribution < 1.29 is 12.6 Å². The maximum absolute atomic E-state index is 12.4. The summed E-state index contributed by atoms with van der Waals surface area (Å²) in [5, 5.41) is 0. The Morgan fingerprint density at radius 2 is 1.77 bits per heavy atom. The molecule has 0 bridgehead atoms. The minimum Gasteiger partial charge on any atom is -0.378 e. The second-order valence-electron chi connectivity index (χ2n) is 5.08. The van der Waals surface area contributed by atoms with Gasteiger partial charge in [-0.1, -0.05) is 42.8 Å². The van der Waals surface area contributed by atoms with E-state index in [1.54, 1.807) is 30.3 Å². The van der Waals surface area contributed by atoms with E-state index >= 15 is 0 Å². The van der Waals surface area contributed by atoms with Crippen molar-refractivity contribution in [1.82, 2.24) is 0 Å². The summed E-state index contributed by atoms with van der Waals surface area (Å²) in [6, 6.07) is 12.2. The minimum absolute atomic E-state index is 0.157. The third-order valence-corrected chi connectivity index (χ3v) is 4.59. The largest absolute Gasteiger partial charge is 0.378 e. The molecule has 0 aromatic heterocycles. The zero-order chi connectivity index (χ0) is 16.2. The predicted octanol–water partition coefficient (Wildman–Crippen LogP) is 4.36. The lowest BCUT2D eigenvalue weighted by atomic mass is 10.1.